The zero-order valence-corrected chi connectivity index (χ0v) is 11.5. The Kier molecular flexibility index (Phi) is 3.59. The third kappa shape index (κ3) is 2.06. The molecule has 1 amide bonds. The number of thioether (sulfide) groups is 1. The summed E-state index contributed by atoms with van der Waals surface area (Å²) in [6.07, 6.45) is 1.12. The molecule has 0 aromatic heterocycles. The van der Waals surface area contributed by atoms with Gasteiger partial charge in [0.2, 0.25) is 0 Å². The van der Waals surface area contributed by atoms with Crippen LogP contribution in [0.3, 0.4) is 0 Å². The Labute approximate surface area is 119 Å². The number of nitrogens with zero attached hydrogens (tertiary/aromatic N) is 4. The highest BCUT2D eigenvalue weighted by Gasteiger charge is 2.48. The van der Waals surface area contributed by atoms with Crippen LogP contribution in [0.25, 0.3) is 0 Å². The molecule has 0 radical (unpaired) electrons. The van der Waals surface area contributed by atoms with Gasteiger partial charge in [-0.25, -0.2) is 4.99 Å². The van der Waals surface area contributed by atoms with Crippen LogP contribution in [-0.4, -0.2) is 82.1 Å². The molecule has 8 nitrogen and oxygen atoms in total. The molecule has 2 N–H and O–H groups in total. The van der Waals surface area contributed by atoms with Crippen molar-refractivity contribution in [3.05, 3.63) is 0 Å². The molecule has 5 unspecified atom stereocenters. The maximum absolute atomic E-state index is 11.6. The summed E-state index contributed by atoms with van der Waals surface area (Å²) in [7, 11) is 0. The molecule has 0 bridgehead atoms. The van der Waals surface area contributed by atoms with E-state index in [9.17, 15) is 15.0 Å². The Balaban J connectivity index is 1.81. The number of hydrogen-bond donors (Lipinski definition) is 2. The third-order valence-corrected chi connectivity index (χ3v) is 4.06. The minimum Gasteiger partial charge on any atom is -0.387 e. The zero-order valence-electron chi connectivity index (χ0n) is 10.7. The van der Waals surface area contributed by atoms with Gasteiger partial charge in [-0.3, -0.25) is 14.7 Å². The molecule has 0 aromatic rings. The molecule has 1 fully saturated rings. The first kappa shape index (κ1) is 13.7. The number of fused-ring (bicyclic) bond motifs is 1. The molecule has 3 aliphatic rings. The number of aliphatic hydroxyl groups excluding tert-OH is 2. The van der Waals surface area contributed by atoms with Crippen molar-refractivity contribution in [2.75, 3.05) is 12.0 Å². The number of rotatable bonds is 3. The predicted octanol–water partition coefficient (Wildman–Crippen LogP) is -1.52. The average Bonchev–Trinajstić information content (AvgIpc) is 2.97. The molecule has 3 rings (SSSR count). The van der Waals surface area contributed by atoms with Gasteiger partial charge in [0.15, 0.2) is 12.3 Å². The maximum atomic E-state index is 11.6. The van der Waals surface area contributed by atoms with E-state index in [1.54, 1.807) is 0 Å². The van der Waals surface area contributed by atoms with Gasteiger partial charge in [0.05, 0.1) is 12.4 Å². The fourth-order valence-corrected chi connectivity index (χ4v) is 2.99. The Hall–Kier alpha value is -1.29. The van der Waals surface area contributed by atoms with E-state index in [2.05, 4.69) is 15.0 Å². The smallest absolute Gasteiger partial charge is 0.279 e. The van der Waals surface area contributed by atoms with Gasteiger partial charge in [0, 0.05) is 5.75 Å². The lowest BCUT2D eigenvalue weighted by Gasteiger charge is -2.26. The first-order valence-electron chi connectivity index (χ1n) is 6.09. The van der Waals surface area contributed by atoms with Crippen molar-refractivity contribution in [2.45, 2.75) is 30.6 Å². The second-order valence-corrected chi connectivity index (χ2v) is 5.56. The molecule has 0 spiro atoms. The van der Waals surface area contributed by atoms with Crippen molar-refractivity contribution < 1.29 is 19.7 Å². The monoisotopic (exact) mass is 298 g/mol. The normalized spacial score (nSPS) is 39.4. The molecular formula is C11H14N4O4S. The lowest BCUT2D eigenvalue weighted by Crippen LogP contribution is -2.48. The molecule has 1 saturated heterocycles. The number of hydrogen-bond acceptors (Lipinski definition) is 8. The summed E-state index contributed by atoms with van der Waals surface area (Å²) in [5, 5.41) is 20.1. The lowest BCUT2D eigenvalue weighted by molar-refractivity contribution is -0.117. The van der Waals surface area contributed by atoms with Gasteiger partial charge in [0.25, 0.3) is 5.91 Å². The van der Waals surface area contributed by atoms with E-state index in [4.69, 9.17) is 4.74 Å². The number of carbonyl (C=O) groups excluding carboxylic acids is 1. The highest BCUT2D eigenvalue weighted by atomic mass is 32.2. The van der Waals surface area contributed by atoms with Crippen molar-refractivity contribution in [3.63, 3.8) is 0 Å². The molecule has 20 heavy (non-hydrogen) atoms. The molecule has 5 atom stereocenters. The SMILES string of the molecule is CSCC1OC(N2C=NC3C(=O)N=CN=C32)C(O)C1O. The molecule has 0 saturated carbocycles. The van der Waals surface area contributed by atoms with Crippen LogP contribution in [0.4, 0.5) is 0 Å². The number of ether oxygens (including phenoxy) is 1. The quantitative estimate of drug-likeness (QED) is 0.655. The van der Waals surface area contributed by atoms with E-state index in [0.29, 0.717) is 11.6 Å². The van der Waals surface area contributed by atoms with Gasteiger partial charge in [-0.15, -0.1) is 0 Å². The van der Waals surface area contributed by atoms with Gasteiger partial charge in [-0.2, -0.15) is 16.8 Å². The Morgan fingerprint density at radius 2 is 2.25 bits per heavy atom. The number of amidine groups is 1. The first-order chi connectivity index (χ1) is 9.63. The third-order valence-electron chi connectivity index (χ3n) is 3.40. The van der Waals surface area contributed by atoms with E-state index in [1.807, 2.05) is 6.26 Å². The van der Waals surface area contributed by atoms with Gasteiger partial charge in [-0.1, -0.05) is 0 Å². The lowest BCUT2D eigenvalue weighted by atomic mass is 10.1. The van der Waals surface area contributed by atoms with Crippen molar-refractivity contribution in [1.82, 2.24) is 4.90 Å². The number of aliphatic hydroxyl groups is 2. The molecule has 3 heterocycles. The predicted molar refractivity (Wildman–Crippen MR) is 74.1 cm³/mol. The summed E-state index contributed by atoms with van der Waals surface area (Å²) in [5.74, 6) is 0.532. The van der Waals surface area contributed by atoms with Crippen LogP contribution < -0.4 is 0 Å². The first-order valence-corrected chi connectivity index (χ1v) is 7.49. The molecule has 3 aliphatic heterocycles. The second-order valence-electron chi connectivity index (χ2n) is 4.65. The number of carbonyl (C=O) groups is 1. The van der Waals surface area contributed by atoms with Crippen LogP contribution in [0.1, 0.15) is 0 Å². The standard InChI is InChI=1S/C11H14N4O4S/c1-20-2-5-7(16)8(17)11(19-5)15-4-14-6-9(15)12-3-13-10(6)18/h3-8,11,16-17H,2H2,1H3. The Morgan fingerprint density at radius 1 is 1.45 bits per heavy atom. The van der Waals surface area contributed by atoms with Gasteiger partial charge in [-0.05, 0) is 6.26 Å². The summed E-state index contributed by atoms with van der Waals surface area (Å²) in [5.41, 5.74) is 0. The summed E-state index contributed by atoms with van der Waals surface area (Å²) in [6.45, 7) is 0. The van der Waals surface area contributed by atoms with Crippen molar-refractivity contribution in [1.29, 1.82) is 0 Å². The summed E-state index contributed by atoms with van der Waals surface area (Å²) in [4.78, 5) is 24.7. The largest absolute Gasteiger partial charge is 0.387 e. The van der Waals surface area contributed by atoms with E-state index in [-0.39, 0.29) is 0 Å². The maximum Gasteiger partial charge on any atom is 0.279 e. The summed E-state index contributed by atoms with van der Waals surface area (Å²) < 4.78 is 5.67. The highest BCUT2D eigenvalue weighted by molar-refractivity contribution is 7.98. The van der Waals surface area contributed by atoms with Gasteiger partial charge >= 0.3 is 0 Å². The molecule has 9 heteroatoms. The van der Waals surface area contributed by atoms with E-state index in [1.165, 1.54) is 23.0 Å². The van der Waals surface area contributed by atoms with Crippen LogP contribution in [0.2, 0.25) is 0 Å². The Bertz CT molecular complexity index is 509. The molecular weight excluding hydrogens is 284 g/mol. The average molecular weight is 298 g/mol. The van der Waals surface area contributed by atoms with E-state index in [0.717, 1.165) is 6.34 Å². The van der Waals surface area contributed by atoms with Crippen LogP contribution in [-0.2, 0) is 9.53 Å². The second kappa shape index (κ2) is 5.24. The fraction of sp³-hybridized carbons (Fsp3) is 0.636. The minimum atomic E-state index is -1.09. The fourth-order valence-electron chi connectivity index (χ4n) is 2.39. The molecule has 0 aromatic carbocycles. The molecule has 0 aliphatic carbocycles. The minimum absolute atomic E-state index is 0.367. The summed E-state index contributed by atoms with van der Waals surface area (Å²) >= 11 is 1.52. The zero-order chi connectivity index (χ0) is 14.3. The van der Waals surface area contributed by atoms with Crippen LogP contribution in [0.5, 0.6) is 0 Å². The van der Waals surface area contributed by atoms with Gasteiger partial charge < -0.3 is 14.9 Å². The summed E-state index contributed by atoms with van der Waals surface area (Å²) in [6, 6.07) is -0.771. The topological polar surface area (TPSA) is 107 Å². The highest BCUT2D eigenvalue weighted by Crippen LogP contribution is 2.28. The van der Waals surface area contributed by atoms with E-state index < -0.39 is 36.5 Å². The van der Waals surface area contributed by atoms with Crippen LogP contribution >= 0.6 is 11.8 Å². The van der Waals surface area contributed by atoms with Crippen LogP contribution in [0, 0.1) is 0 Å². The van der Waals surface area contributed by atoms with E-state index >= 15 is 0 Å². The van der Waals surface area contributed by atoms with Crippen molar-refractivity contribution in [2.24, 2.45) is 15.0 Å². The number of amides is 1. The van der Waals surface area contributed by atoms with Crippen molar-refractivity contribution >= 4 is 36.2 Å². The van der Waals surface area contributed by atoms with Gasteiger partial charge in [0.1, 0.15) is 24.4 Å². The van der Waals surface area contributed by atoms with Crippen molar-refractivity contribution in [3.8, 4) is 0 Å². The molecule has 108 valence electrons. The Morgan fingerprint density at radius 3 is 3.00 bits per heavy atom. The number of aliphatic imine (C=N–C) groups is 3. The van der Waals surface area contributed by atoms with Crippen LogP contribution in [0.15, 0.2) is 15.0 Å².